The number of hydrogen-bond donors (Lipinski definition) is 1. The highest BCUT2D eigenvalue weighted by Crippen LogP contribution is 2.17. The minimum atomic E-state index is -3.80. The van der Waals surface area contributed by atoms with Crippen molar-refractivity contribution in [1.82, 2.24) is 4.31 Å². The van der Waals surface area contributed by atoms with Gasteiger partial charge in [0.1, 0.15) is 0 Å². The van der Waals surface area contributed by atoms with Crippen molar-refractivity contribution in [2.75, 3.05) is 18.9 Å². The molecule has 0 radical (unpaired) electrons. The quantitative estimate of drug-likeness (QED) is 0.781. The largest absolute Gasteiger partial charge is 0.325 e. The van der Waals surface area contributed by atoms with Crippen molar-refractivity contribution in [3.63, 3.8) is 0 Å². The van der Waals surface area contributed by atoms with Gasteiger partial charge < -0.3 is 5.32 Å². The third kappa shape index (κ3) is 4.88. The molecular formula is C17H17ClN2O4S. The summed E-state index contributed by atoms with van der Waals surface area (Å²) < 4.78 is 25.8. The zero-order valence-corrected chi connectivity index (χ0v) is 15.3. The van der Waals surface area contributed by atoms with Crippen LogP contribution in [0.15, 0.2) is 53.4 Å². The van der Waals surface area contributed by atoms with Gasteiger partial charge in [-0.2, -0.15) is 4.31 Å². The summed E-state index contributed by atoms with van der Waals surface area (Å²) in [7, 11) is -2.49. The van der Waals surface area contributed by atoms with E-state index in [1.165, 1.54) is 44.3 Å². The number of carbonyl (C=O) groups excluding carboxylic acids is 2. The molecule has 2 aromatic rings. The molecule has 0 aliphatic carbocycles. The third-order valence-electron chi connectivity index (χ3n) is 3.44. The molecule has 0 heterocycles. The van der Waals surface area contributed by atoms with Gasteiger partial charge in [0.15, 0.2) is 5.78 Å². The van der Waals surface area contributed by atoms with Gasteiger partial charge in [0.25, 0.3) is 0 Å². The standard InChI is InChI=1S/C17H17ClN2O4S/c1-12(21)13-4-3-5-15(10-13)19-17(22)11-20(2)25(23,24)16-8-6-14(18)7-9-16/h3-10H,11H2,1-2H3,(H,19,22). The second-order valence-corrected chi connectivity index (χ2v) is 7.88. The van der Waals surface area contributed by atoms with Crippen molar-refractivity contribution in [3.05, 3.63) is 59.1 Å². The molecule has 2 aromatic carbocycles. The molecule has 0 aliphatic rings. The molecule has 132 valence electrons. The highest BCUT2D eigenvalue weighted by atomic mass is 35.5. The molecule has 0 aromatic heterocycles. The average Bonchev–Trinajstić information content (AvgIpc) is 2.55. The van der Waals surface area contributed by atoms with E-state index in [0.717, 1.165) is 4.31 Å². The topological polar surface area (TPSA) is 83.6 Å². The van der Waals surface area contributed by atoms with Crippen LogP contribution in [0.2, 0.25) is 5.02 Å². The number of sulfonamides is 1. The maximum Gasteiger partial charge on any atom is 0.243 e. The Morgan fingerprint density at radius 1 is 1.12 bits per heavy atom. The summed E-state index contributed by atoms with van der Waals surface area (Å²) in [4.78, 5) is 23.5. The lowest BCUT2D eigenvalue weighted by Crippen LogP contribution is -2.35. The lowest BCUT2D eigenvalue weighted by atomic mass is 10.1. The Hall–Kier alpha value is -2.22. The first-order valence-corrected chi connectivity index (χ1v) is 9.15. The van der Waals surface area contributed by atoms with Gasteiger partial charge in [0, 0.05) is 23.3 Å². The van der Waals surface area contributed by atoms with Crippen LogP contribution in [-0.2, 0) is 14.8 Å². The molecule has 8 heteroatoms. The van der Waals surface area contributed by atoms with E-state index in [-0.39, 0.29) is 17.2 Å². The van der Waals surface area contributed by atoms with E-state index in [1.807, 2.05) is 0 Å². The van der Waals surface area contributed by atoms with Crippen LogP contribution in [0, 0.1) is 0 Å². The van der Waals surface area contributed by atoms with Gasteiger partial charge in [-0.3, -0.25) is 9.59 Å². The van der Waals surface area contributed by atoms with E-state index in [1.54, 1.807) is 18.2 Å². The van der Waals surface area contributed by atoms with Crippen LogP contribution >= 0.6 is 11.6 Å². The van der Waals surface area contributed by atoms with Crippen molar-refractivity contribution < 1.29 is 18.0 Å². The van der Waals surface area contributed by atoms with Crippen LogP contribution in [0.3, 0.4) is 0 Å². The second kappa shape index (κ2) is 7.77. The fourth-order valence-corrected chi connectivity index (χ4v) is 3.34. The smallest absolute Gasteiger partial charge is 0.243 e. The highest BCUT2D eigenvalue weighted by molar-refractivity contribution is 7.89. The summed E-state index contributed by atoms with van der Waals surface area (Å²) in [6.45, 7) is 1.06. The molecule has 1 N–H and O–H groups in total. The Balaban J connectivity index is 2.08. The first-order chi connectivity index (χ1) is 11.7. The summed E-state index contributed by atoms with van der Waals surface area (Å²) in [5.41, 5.74) is 0.884. The predicted molar refractivity (Wildman–Crippen MR) is 96.3 cm³/mol. The summed E-state index contributed by atoms with van der Waals surface area (Å²) in [5, 5.41) is 3.00. The van der Waals surface area contributed by atoms with Crippen LogP contribution in [-0.4, -0.2) is 38.0 Å². The number of Topliss-reactive ketones (excluding diaryl/α,β-unsaturated/α-hetero) is 1. The Morgan fingerprint density at radius 3 is 2.36 bits per heavy atom. The van der Waals surface area contributed by atoms with E-state index < -0.39 is 15.9 Å². The van der Waals surface area contributed by atoms with Crippen LogP contribution < -0.4 is 5.32 Å². The van der Waals surface area contributed by atoms with E-state index >= 15 is 0 Å². The number of halogens is 1. The zero-order chi connectivity index (χ0) is 18.6. The van der Waals surface area contributed by atoms with Gasteiger partial charge in [-0.25, -0.2) is 8.42 Å². The fourth-order valence-electron chi connectivity index (χ4n) is 2.09. The van der Waals surface area contributed by atoms with E-state index in [4.69, 9.17) is 11.6 Å². The van der Waals surface area contributed by atoms with Gasteiger partial charge in [-0.05, 0) is 43.3 Å². The number of benzene rings is 2. The van der Waals surface area contributed by atoms with Crippen LogP contribution in [0.1, 0.15) is 17.3 Å². The average molecular weight is 381 g/mol. The molecular weight excluding hydrogens is 364 g/mol. The second-order valence-electron chi connectivity index (χ2n) is 5.40. The predicted octanol–water partition coefficient (Wildman–Crippen LogP) is 2.80. The summed E-state index contributed by atoms with van der Waals surface area (Å²) in [6.07, 6.45) is 0. The maximum atomic E-state index is 12.4. The Kier molecular flexibility index (Phi) is 5.94. The van der Waals surface area contributed by atoms with E-state index in [9.17, 15) is 18.0 Å². The first-order valence-electron chi connectivity index (χ1n) is 7.33. The number of hydrogen-bond acceptors (Lipinski definition) is 4. The zero-order valence-electron chi connectivity index (χ0n) is 13.7. The third-order valence-corrected chi connectivity index (χ3v) is 5.51. The molecule has 0 aliphatic heterocycles. The number of likely N-dealkylation sites (N-methyl/N-ethyl adjacent to an activating group) is 1. The molecule has 0 bridgehead atoms. The molecule has 2 rings (SSSR count). The van der Waals surface area contributed by atoms with Crippen molar-refractivity contribution in [1.29, 1.82) is 0 Å². The maximum absolute atomic E-state index is 12.4. The Labute approximate surface area is 151 Å². The van der Waals surface area contributed by atoms with Gasteiger partial charge >= 0.3 is 0 Å². The summed E-state index contributed by atoms with van der Waals surface area (Å²) >= 11 is 5.75. The SMILES string of the molecule is CC(=O)c1cccc(NC(=O)CN(C)S(=O)(=O)c2ccc(Cl)cc2)c1. The monoisotopic (exact) mass is 380 g/mol. The number of ketones is 1. The number of rotatable bonds is 6. The molecule has 0 atom stereocenters. The highest BCUT2D eigenvalue weighted by Gasteiger charge is 2.23. The van der Waals surface area contributed by atoms with E-state index in [2.05, 4.69) is 5.32 Å². The Bertz CT molecular complexity index is 895. The van der Waals surface area contributed by atoms with Gasteiger partial charge in [-0.1, -0.05) is 23.7 Å². The molecule has 0 unspecified atom stereocenters. The lowest BCUT2D eigenvalue weighted by molar-refractivity contribution is -0.116. The van der Waals surface area contributed by atoms with Crippen molar-refractivity contribution >= 4 is 39.0 Å². The molecule has 0 saturated heterocycles. The summed E-state index contributed by atoms with van der Waals surface area (Å²) in [6, 6.07) is 12.1. The molecule has 25 heavy (non-hydrogen) atoms. The number of nitrogens with zero attached hydrogens (tertiary/aromatic N) is 1. The number of anilines is 1. The van der Waals surface area contributed by atoms with Crippen LogP contribution in [0.25, 0.3) is 0 Å². The first kappa shape index (κ1) is 19.1. The lowest BCUT2D eigenvalue weighted by Gasteiger charge is -2.17. The van der Waals surface area contributed by atoms with Crippen molar-refractivity contribution in [2.24, 2.45) is 0 Å². The van der Waals surface area contributed by atoms with Gasteiger partial charge in [0.05, 0.1) is 11.4 Å². The molecule has 6 nitrogen and oxygen atoms in total. The number of amides is 1. The van der Waals surface area contributed by atoms with Crippen molar-refractivity contribution in [3.8, 4) is 0 Å². The summed E-state index contributed by atoms with van der Waals surface area (Å²) in [5.74, 6) is -0.640. The molecule has 0 fully saturated rings. The fraction of sp³-hybridized carbons (Fsp3) is 0.176. The minimum Gasteiger partial charge on any atom is -0.325 e. The van der Waals surface area contributed by atoms with Gasteiger partial charge in [-0.15, -0.1) is 0 Å². The normalized spacial score (nSPS) is 11.4. The molecule has 0 spiro atoms. The van der Waals surface area contributed by atoms with E-state index in [0.29, 0.717) is 16.3 Å². The molecule has 1 amide bonds. The van der Waals surface area contributed by atoms with Gasteiger partial charge in [0.2, 0.25) is 15.9 Å². The number of carbonyl (C=O) groups is 2. The van der Waals surface area contributed by atoms with Crippen LogP contribution in [0.4, 0.5) is 5.69 Å². The Morgan fingerprint density at radius 2 is 1.76 bits per heavy atom. The minimum absolute atomic E-state index is 0.0470. The van der Waals surface area contributed by atoms with Crippen LogP contribution in [0.5, 0.6) is 0 Å². The number of nitrogens with one attached hydrogen (secondary N) is 1. The molecule has 0 saturated carbocycles. The van der Waals surface area contributed by atoms with Crippen molar-refractivity contribution in [2.45, 2.75) is 11.8 Å².